The van der Waals surface area contributed by atoms with Gasteiger partial charge in [0.1, 0.15) is 6.04 Å². The molecule has 2 amide bonds. The molecule has 0 aliphatic carbocycles. The molecule has 0 heterocycles. The van der Waals surface area contributed by atoms with Crippen molar-refractivity contribution in [1.82, 2.24) is 5.32 Å². The molecule has 20 heavy (non-hydrogen) atoms. The average molecular weight is 268 g/mol. The topological polar surface area (TPSA) is 72.2 Å². The van der Waals surface area contributed by atoms with Crippen LogP contribution >= 0.6 is 0 Å². The summed E-state index contributed by atoms with van der Waals surface area (Å²) in [6, 6.07) is 17.5. The normalized spacial score (nSPS) is 11.6. The van der Waals surface area contributed by atoms with Crippen LogP contribution in [0.4, 0.5) is 0 Å². The third-order valence-corrected chi connectivity index (χ3v) is 2.97. The Balaban J connectivity index is 2.07. The fourth-order valence-corrected chi connectivity index (χ4v) is 1.90. The van der Waals surface area contributed by atoms with Crippen LogP contribution in [0.3, 0.4) is 0 Å². The Morgan fingerprint density at radius 1 is 0.950 bits per heavy atom. The van der Waals surface area contributed by atoms with E-state index in [1.165, 1.54) is 0 Å². The molecule has 0 aliphatic rings. The zero-order valence-electron chi connectivity index (χ0n) is 11.0. The molecule has 3 N–H and O–H groups in total. The van der Waals surface area contributed by atoms with Gasteiger partial charge in [0.25, 0.3) is 5.91 Å². The summed E-state index contributed by atoms with van der Waals surface area (Å²) >= 11 is 0. The molecule has 0 bridgehead atoms. The summed E-state index contributed by atoms with van der Waals surface area (Å²) in [4.78, 5) is 23.5. The van der Waals surface area contributed by atoms with Gasteiger partial charge in [0.2, 0.25) is 5.91 Å². The number of carbonyl (C=O) groups is 2. The molecule has 0 radical (unpaired) electrons. The van der Waals surface area contributed by atoms with Gasteiger partial charge in [0.15, 0.2) is 0 Å². The van der Waals surface area contributed by atoms with Crippen LogP contribution in [0.2, 0.25) is 0 Å². The van der Waals surface area contributed by atoms with Gasteiger partial charge in [0.05, 0.1) is 0 Å². The van der Waals surface area contributed by atoms with Crippen molar-refractivity contribution in [3.05, 3.63) is 71.8 Å². The summed E-state index contributed by atoms with van der Waals surface area (Å²) in [6.45, 7) is 0. The highest BCUT2D eigenvalue weighted by molar-refractivity contribution is 5.97. The molecular formula is C16H16N2O2. The molecule has 0 saturated carbocycles. The van der Waals surface area contributed by atoms with Gasteiger partial charge in [-0.3, -0.25) is 9.59 Å². The summed E-state index contributed by atoms with van der Waals surface area (Å²) in [5, 5.41) is 2.67. The van der Waals surface area contributed by atoms with Crippen molar-refractivity contribution in [2.75, 3.05) is 0 Å². The Labute approximate surface area is 117 Å². The van der Waals surface area contributed by atoms with Gasteiger partial charge in [-0.1, -0.05) is 48.5 Å². The summed E-state index contributed by atoms with van der Waals surface area (Å²) in [5.74, 6) is -0.844. The number of nitrogens with one attached hydrogen (secondary N) is 1. The van der Waals surface area contributed by atoms with Gasteiger partial charge >= 0.3 is 0 Å². The minimum Gasteiger partial charge on any atom is -0.368 e. The van der Waals surface area contributed by atoms with E-state index < -0.39 is 11.9 Å². The van der Waals surface area contributed by atoms with E-state index in [2.05, 4.69) is 5.32 Å². The molecule has 2 rings (SSSR count). The molecule has 2 aromatic carbocycles. The quantitative estimate of drug-likeness (QED) is 0.862. The minimum absolute atomic E-state index is 0.301. The molecule has 2 aromatic rings. The Bertz CT molecular complexity index is 582. The van der Waals surface area contributed by atoms with Gasteiger partial charge in [-0.15, -0.1) is 0 Å². The van der Waals surface area contributed by atoms with Gasteiger partial charge < -0.3 is 11.1 Å². The van der Waals surface area contributed by atoms with E-state index in [0.29, 0.717) is 12.0 Å². The minimum atomic E-state index is -0.717. The van der Waals surface area contributed by atoms with E-state index >= 15 is 0 Å². The van der Waals surface area contributed by atoms with Crippen LogP contribution in [0, 0.1) is 0 Å². The number of hydrogen-bond acceptors (Lipinski definition) is 2. The van der Waals surface area contributed by atoms with E-state index in [-0.39, 0.29) is 5.91 Å². The first-order chi connectivity index (χ1) is 9.66. The van der Waals surface area contributed by atoms with Crippen LogP contribution in [0.25, 0.3) is 0 Å². The van der Waals surface area contributed by atoms with Crippen LogP contribution in [-0.4, -0.2) is 17.9 Å². The van der Waals surface area contributed by atoms with Crippen molar-refractivity contribution >= 4 is 11.8 Å². The Kier molecular flexibility index (Phi) is 4.50. The summed E-state index contributed by atoms with van der Waals surface area (Å²) in [7, 11) is 0. The molecule has 0 aromatic heterocycles. The average Bonchev–Trinajstić information content (AvgIpc) is 2.48. The second kappa shape index (κ2) is 6.52. The number of benzene rings is 2. The summed E-state index contributed by atoms with van der Waals surface area (Å²) < 4.78 is 0. The number of primary amides is 1. The maximum atomic E-state index is 12.0. The Morgan fingerprint density at radius 3 is 2.05 bits per heavy atom. The molecule has 0 spiro atoms. The van der Waals surface area contributed by atoms with E-state index in [4.69, 9.17) is 5.73 Å². The third kappa shape index (κ3) is 3.68. The van der Waals surface area contributed by atoms with E-state index in [1.807, 2.05) is 36.4 Å². The molecule has 0 fully saturated rings. The fourth-order valence-electron chi connectivity index (χ4n) is 1.90. The number of nitrogens with two attached hydrogens (primary N) is 1. The lowest BCUT2D eigenvalue weighted by Crippen LogP contribution is -2.45. The van der Waals surface area contributed by atoms with Crippen molar-refractivity contribution in [2.45, 2.75) is 12.5 Å². The largest absolute Gasteiger partial charge is 0.368 e. The molecule has 0 unspecified atom stereocenters. The van der Waals surface area contributed by atoms with Crippen molar-refractivity contribution < 1.29 is 9.59 Å². The zero-order chi connectivity index (χ0) is 14.4. The predicted octanol–water partition coefficient (Wildman–Crippen LogP) is 1.51. The third-order valence-electron chi connectivity index (χ3n) is 2.97. The lowest BCUT2D eigenvalue weighted by atomic mass is 10.0. The molecule has 102 valence electrons. The first kappa shape index (κ1) is 13.8. The van der Waals surface area contributed by atoms with Crippen LogP contribution in [-0.2, 0) is 11.2 Å². The van der Waals surface area contributed by atoms with Gasteiger partial charge in [0, 0.05) is 12.0 Å². The van der Waals surface area contributed by atoms with Crippen molar-refractivity contribution in [3.8, 4) is 0 Å². The molecule has 4 nitrogen and oxygen atoms in total. The first-order valence-electron chi connectivity index (χ1n) is 6.36. The van der Waals surface area contributed by atoms with Crippen molar-refractivity contribution in [1.29, 1.82) is 0 Å². The molecule has 0 aliphatic heterocycles. The summed E-state index contributed by atoms with van der Waals surface area (Å²) in [6.07, 6.45) is 0.384. The second-order valence-electron chi connectivity index (χ2n) is 4.48. The lowest BCUT2D eigenvalue weighted by molar-refractivity contribution is -0.119. The SMILES string of the molecule is NC(=O)[C@@H](Cc1ccccc1)NC(=O)c1ccccc1. The van der Waals surface area contributed by atoms with Crippen LogP contribution < -0.4 is 11.1 Å². The van der Waals surface area contributed by atoms with Crippen LogP contribution in [0.15, 0.2) is 60.7 Å². The van der Waals surface area contributed by atoms with E-state index in [0.717, 1.165) is 5.56 Å². The predicted molar refractivity (Wildman–Crippen MR) is 77.0 cm³/mol. The summed E-state index contributed by atoms with van der Waals surface area (Å²) in [5.41, 5.74) is 6.81. The smallest absolute Gasteiger partial charge is 0.251 e. The van der Waals surface area contributed by atoms with E-state index in [1.54, 1.807) is 24.3 Å². The van der Waals surface area contributed by atoms with Gasteiger partial charge in [-0.25, -0.2) is 0 Å². The van der Waals surface area contributed by atoms with Crippen LogP contribution in [0.5, 0.6) is 0 Å². The highest BCUT2D eigenvalue weighted by Gasteiger charge is 2.19. The van der Waals surface area contributed by atoms with E-state index in [9.17, 15) is 9.59 Å². The van der Waals surface area contributed by atoms with Crippen LogP contribution in [0.1, 0.15) is 15.9 Å². The zero-order valence-corrected chi connectivity index (χ0v) is 11.0. The highest BCUT2D eigenvalue weighted by Crippen LogP contribution is 2.05. The van der Waals surface area contributed by atoms with Crippen molar-refractivity contribution in [2.24, 2.45) is 5.73 Å². The second-order valence-corrected chi connectivity index (χ2v) is 4.48. The molecule has 1 atom stereocenters. The highest BCUT2D eigenvalue weighted by atomic mass is 16.2. The lowest BCUT2D eigenvalue weighted by Gasteiger charge is -2.15. The number of amides is 2. The number of rotatable bonds is 5. The van der Waals surface area contributed by atoms with Crippen molar-refractivity contribution in [3.63, 3.8) is 0 Å². The monoisotopic (exact) mass is 268 g/mol. The van der Waals surface area contributed by atoms with Gasteiger partial charge in [-0.05, 0) is 17.7 Å². The number of carbonyl (C=O) groups excluding carboxylic acids is 2. The first-order valence-corrected chi connectivity index (χ1v) is 6.36. The maximum absolute atomic E-state index is 12.0. The molecular weight excluding hydrogens is 252 g/mol. The standard InChI is InChI=1S/C16H16N2O2/c17-15(19)14(11-12-7-3-1-4-8-12)18-16(20)13-9-5-2-6-10-13/h1-10,14H,11H2,(H2,17,19)(H,18,20)/t14-/m1/s1. The Morgan fingerprint density at radius 2 is 1.50 bits per heavy atom. The van der Waals surface area contributed by atoms with Gasteiger partial charge in [-0.2, -0.15) is 0 Å². The maximum Gasteiger partial charge on any atom is 0.251 e. The molecule has 4 heteroatoms. The molecule has 0 saturated heterocycles. The fraction of sp³-hybridized carbons (Fsp3) is 0.125. The number of hydrogen-bond donors (Lipinski definition) is 2. The Hall–Kier alpha value is -2.62.